The summed E-state index contributed by atoms with van der Waals surface area (Å²) in [6.45, 7) is 0. The lowest BCUT2D eigenvalue weighted by atomic mass is 10.2. The normalized spacial score (nSPS) is 19.8. The van der Waals surface area contributed by atoms with Crippen molar-refractivity contribution in [2.24, 2.45) is 0 Å². The van der Waals surface area contributed by atoms with Crippen LogP contribution < -0.4 is 5.32 Å². The van der Waals surface area contributed by atoms with Gasteiger partial charge in [0, 0.05) is 6.04 Å². The van der Waals surface area contributed by atoms with Crippen LogP contribution >= 0.6 is 22.9 Å². The third-order valence-electron chi connectivity index (χ3n) is 2.57. The van der Waals surface area contributed by atoms with Crippen molar-refractivity contribution in [3.63, 3.8) is 0 Å². The van der Waals surface area contributed by atoms with Crippen molar-refractivity contribution in [3.05, 3.63) is 10.0 Å². The first kappa shape index (κ1) is 12.6. The fourth-order valence-electron chi connectivity index (χ4n) is 1.64. The molecule has 1 N–H and O–H groups in total. The molecule has 1 aliphatic rings. The van der Waals surface area contributed by atoms with Crippen molar-refractivity contribution >= 4 is 37.9 Å². The number of nitriles is 1. The molecule has 8 heteroatoms. The molecule has 2 rings (SSSR count). The van der Waals surface area contributed by atoms with Gasteiger partial charge < -0.3 is 5.32 Å². The van der Waals surface area contributed by atoms with Gasteiger partial charge in [-0.1, -0.05) is 22.9 Å². The van der Waals surface area contributed by atoms with E-state index in [0.717, 1.165) is 0 Å². The third kappa shape index (κ3) is 3.09. The number of sulfone groups is 1. The Morgan fingerprint density at radius 2 is 2.12 bits per heavy atom. The van der Waals surface area contributed by atoms with Crippen LogP contribution in [-0.2, 0) is 9.84 Å². The topological polar surface area (TPSA) is 82.9 Å². The lowest BCUT2D eigenvalue weighted by Crippen LogP contribution is -2.32. The molecule has 17 heavy (non-hydrogen) atoms. The van der Waals surface area contributed by atoms with Crippen molar-refractivity contribution < 1.29 is 8.42 Å². The highest BCUT2D eigenvalue weighted by Crippen LogP contribution is 2.27. The number of hydrogen-bond donors (Lipinski definition) is 1. The van der Waals surface area contributed by atoms with Crippen molar-refractivity contribution in [2.75, 3.05) is 16.8 Å². The summed E-state index contributed by atoms with van der Waals surface area (Å²) >= 11 is 6.94. The molecule has 5 nitrogen and oxygen atoms in total. The molecule has 1 aromatic rings. The summed E-state index contributed by atoms with van der Waals surface area (Å²) in [5.74, 6) is 0.407. The first-order valence-electron chi connectivity index (χ1n) is 5.03. The third-order valence-corrected chi connectivity index (χ3v) is 5.56. The summed E-state index contributed by atoms with van der Waals surface area (Å²) in [5.41, 5.74) is 0. The molecule has 0 aliphatic carbocycles. The van der Waals surface area contributed by atoms with Crippen molar-refractivity contribution in [1.82, 2.24) is 4.98 Å². The largest absolute Gasteiger partial charge is 0.359 e. The van der Waals surface area contributed by atoms with Crippen LogP contribution in [-0.4, -0.2) is 30.9 Å². The maximum atomic E-state index is 11.2. The monoisotopic (exact) mass is 291 g/mol. The van der Waals surface area contributed by atoms with Crippen LogP contribution in [0.3, 0.4) is 0 Å². The Bertz CT molecular complexity index is 547. The molecule has 1 aliphatic heterocycles. The van der Waals surface area contributed by atoms with Gasteiger partial charge in [-0.3, -0.25) is 0 Å². The van der Waals surface area contributed by atoms with Gasteiger partial charge in [-0.15, -0.1) is 0 Å². The minimum Gasteiger partial charge on any atom is -0.359 e. The Balaban J connectivity index is 2.00. The van der Waals surface area contributed by atoms with Gasteiger partial charge in [0.05, 0.1) is 11.5 Å². The number of rotatable bonds is 2. The van der Waals surface area contributed by atoms with Gasteiger partial charge in [-0.05, 0) is 12.8 Å². The van der Waals surface area contributed by atoms with Gasteiger partial charge in [0.15, 0.2) is 10.3 Å². The molecule has 2 heterocycles. The van der Waals surface area contributed by atoms with Gasteiger partial charge in [-0.25, -0.2) is 13.4 Å². The summed E-state index contributed by atoms with van der Waals surface area (Å²) in [5, 5.41) is 12.6. The average Bonchev–Trinajstić information content (AvgIpc) is 2.62. The van der Waals surface area contributed by atoms with E-state index in [9.17, 15) is 8.42 Å². The van der Waals surface area contributed by atoms with Crippen LogP contribution in [0.15, 0.2) is 0 Å². The molecule has 0 spiro atoms. The molecule has 1 saturated heterocycles. The van der Waals surface area contributed by atoms with E-state index < -0.39 is 9.84 Å². The van der Waals surface area contributed by atoms with Gasteiger partial charge >= 0.3 is 0 Å². The molecule has 1 aromatic heterocycles. The second-order valence-corrected chi connectivity index (χ2v) is 7.48. The average molecular weight is 292 g/mol. The van der Waals surface area contributed by atoms with E-state index in [0.29, 0.717) is 22.9 Å². The maximum absolute atomic E-state index is 11.2. The number of aromatic nitrogens is 1. The van der Waals surface area contributed by atoms with E-state index in [4.69, 9.17) is 16.9 Å². The quantitative estimate of drug-likeness (QED) is 0.896. The lowest BCUT2D eigenvalue weighted by molar-refractivity contribution is 0.559. The molecule has 1 fully saturated rings. The highest BCUT2D eigenvalue weighted by Gasteiger charge is 2.24. The summed E-state index contributed by atoms with van der Waals surface area (Å²) in [6.07, 6.45) is 1.14. The fourth-order valence-corrected chi connectivity index (χ4v) is 4.16. The van der Waals surface area contributed by atoms with Crippen molar-refractivity contribution in [1.29, 1.82) is 5.26 Å². The summed E-state index contributed by atoms with van der Waals surface area (Å²) in [6, 6.07) is 2.04. The van der Waals surface area contributed by atoms with E-state index >= 15 is 0 Å². The first-order valence-corrected chi connectivity index (χ1v) is 8.05. The van der Waals surface area contributed by atoms with Gasteiger partial charge in [0.25, 0.3) is 0 Å². The number of anilines is 1. The Kier molecular flexibility index (Phi) is 3.56. The summed E-state index contributed by atoms with van der Waals surface area (Å²) in [7, 11) is -2.85. The molecule has 0 aromatic carbocycles. The second-order valence-electron chi connectivity index (χ2n) is 3.82. The molecule has 0 atom stereocenters. The zero-order chi connectivity index (χ0) is 12.5. The van der Waals surface area contributed by atoms with E-state index in [-0.39, 0.29) is 22.7 Å². The van der Waals surface area contributed by atoms with Gasteiger partial charge in [0.1, 0.15) is 20.8 Å². The Labute approximate surface area is 108 Å². The zero-order valence-electron chi connectivity index (χ0n) is 8.81. The predicted octanol–water partition coefficient (Wildman–Crippen LogP) is 1.66. The van der Waals surface area contributed by atoms with Crippen LogP contribution in [0.5, 0.6) is 0 Å². The van der Waals surface area contributed by atoms with Crippen molar-refractivity contribution in [3.8, 4) is 6.07 Å². The molecule has 0 bridgehead atoms. The SMILES string of the molecule is N#Cc1sc(NC2CCS(=O)(=O)CC2)nc1Cl. The fraction of sp³-hybridized carbons (Fsp3) is 0.556. The number of nitrogens with zero attached hydrogens (tertiary/aromatic N) is 2. The molecule has 92 valence electrons. The summed E-state index contributed by atoms with van der Waals surface area (Å²) in [4.78, 5) is 4.39. The van der Waals surface area contributed by atoms with Gasteiger partial charge in [-0.2, -0.15) is 5.26 Å². The molecule has 0 radical (unpaired) electrons. The number of nitrogens with one attached hydrogen (secondary N) is 1. The molecular formula is C9H10ClN3O2S2. The minimum absolute atomic E-state index is 0.0901. The Morgan fingerprint density at radius 1 is 1.47 bits per heavy atom. The lowest BCUT2D eigenvalue weighted by Gasteiger charge is -2.22. The Morgan fingerprint density at radius 3 is 2.65 bits per heavy atom. The van der Waals surface area contributed by atoms with E-state index in [1.807, 2.05) is 6.07 Å². The maximum Gasteiger partial charge on any atom is 0.185 e. The molecule has 0 unspecified atom stereocenters. The van der Waals surface area contributed by atoms with Crippen LogP contribution in [0, 0.1) is 11.3 Å². The van der Waals surface area contributed by atoms with E-state index in [1.54, 1.807) is 0 Å². The predicted molar refractivity (Wildman–Crippen MR) is 67.1 cm³/mol. The van der Waals surface area contributed by atoms with Crippen LogP contribution in [0.25, 0.3) is 0 Å². The summed E-state index contributed by atoms with van der Waals surface area (Å²) < 4.78 is 22.5. The minimum atomic E-state index is -2.85. The number of hydrogen-bond acceptors (Lipinski definition) is 6. The standard InChI is InChI=1S/C9H10ClN3O2S2/c10-8-7(5-11)16-9(13-8)12-6-1-3-17(14,15)4-2-6/h6H,1-4H2,(H,12,13). The second kappa shape index (κ2) is 4.80. The number of halogens is 1. The highest BCUT2D eigenvalue weighted by atomic mass is 35.5. The number of thiazole rings is 1. The Hall–Kier alpha value is -0.840. The van der Waals surface area contributed by atoms with Crippen LogP contribution in [0.2, 0.25) is 5.15 Å². The highest BCUT2D eigenvalue weighted by molar-refractivity contribution is 7.91. The molecular weight excluding hydrogens is 282 g/mol. The van der Waals surface area contributed by atoms with Crippen LogP contribution in [0.1, 0.15) is 17.7 Å². The molecule has 0 saturated carbocycles. The van der Waals surface area contributed by atoms with Crippen LogP contribution in [0.4, 0.5) is 5.13 Å². The van der Waals surface area contributed by atoms with E-state index in [1.165, 1.54) is 11.3 Å². The first-order chi connectivity index (χ1) is 8.00. The zero-order valence-corrected chi connectivity index (χ0v) is 11.2. The smallest absolute Gasteiger partial charge is 0.185 e. The van der Waals surface area contributed by atoms with Crippen molar-refractivity contribution in [2.45, 2.75) is 18.9 Å². The van der Waals surface area contributed by atoms with Gasteiger partial charge in [0.2, 0.25) is 0 Å². The molecule has 0 amide bonds. The van der Waals surface area contributed by atoms with E-state index in [2.05, 4.69) is 10.3 Å².